The summed E-state index contributed by atoms with van der Waals surface area (Å²) in [6.07, 6.45) is 4.57. The van der Waals surface area contributed by atoms with Crippen molar-refractivity contribution in [3.05, 3.63) is 94.3 Å². The van der Waals surface area contributed by atoms with E-state index in [1.165, 1.54) is 23.3 Å². The van der Waals surface area contributed by atoms with Crippen LogP contribution in [0.15, 0.2) is 72.1 Å². The van der Waals surface area contributed by atoms with Gasteiger partial charge in [-0.1, -0.05) is 24.3 Å². The zero-order valence-corrected chi connectivity index (χ0v) is 26.9. The molecule has 0 spiro atoms. The Hall–Kier alpha value is -4.24. The molecule has 0 fully saturated rings. The van der Waals surface area contributed by atoms with Crippen LogP contribution in [0.25, 0.3) is 0 Å². The van der Waals surface area contributed by atoms with E-state index < -0.39 is 0 Å². The minimum atomic E-state index is -0.176. The van der Waals surface area contributed by atoms with E-state index in [9.17, 15) is 9.59 Å². The molecule has 1 aliphatic carbocycles. The number of benzene rings is 2. The molecule has 8 nitrogen and oxygen atoms in total. The molecule has 2 aromatic rings. The van der Waals surface area contributed by atoms with E-state index in [2.05, 4.69) is 50.5 Å². The average Bonchev–Trinajstić information content (AvgIpc) is 3.06. The minimum Gasteiger partial charge on any atom is -0.382 e. The Bertz CT molecular complexity index is 1290. The number of hydrogen-bond acceptors (Lipinski definition) is 6. The van der Waals surface area contributed by atoms with Crippen LogP contribution in [0.4, 0.5) is 0 Å². The molecule has 0 amide bonds. The zero-order chi connectivity index (χ0) is 32.0. The summed E-state index contributed by atoms with van der Waals surface area (Å²) >= 11 is 0. The predicted molar refractivity (Wildman–Crippen MR) is 174 cm³/mol. The Kier molecular flexibility index (Phi) is 12.9. The molecule has 1 aliphatic rings. The lowest BCUT2D eigenvalue weighted by molar-refractivity contribution is -0.937. The number of allylic oxidation sites excluding steroid dienone is 2. The van der Waals surface area contributed by atoms with Gasteiger partial charge in [0.1, 0.15) is 13.1 Å². The minimum absolute atomic E-state index is 0.176. The summed E-state index contributed by atoms with van der Waals surface area (Å²) < 4.78 is 1.83. The number of carbonyl (C=O) groups excluding carboxylic acids is 2. The highest BCUT2D eigenvalue weighted by atomic mass is 16.1. The molecule has 0 heterocycles. The SMILES string of the molecule is CC[N+](CC)(CCCNC1=CC(=O)C(NCCC[N+](CC)(CC)Cc2ccc(C#N)cc2)=CC1=O)Cc1ccc(C#N)cc1. The Labute approximate surface area is 263 Å². The van der Waals surface area contributed by atoms with Crippen LogP contribution in [0.2, 0.25) is 0 Å². The highest BCUT2D eigenvalue weighted by Gasteiger charge is 2.26. The van der Waals surface area contributed by atoms with Gasteiger partial charge in [-0.15, -0.1) is 0 Å². The number of quaternary nitrogens is 2. The highest BCUT2D eigenvalue weighted by molar-refractivity contribution is 6.19. The molecule has 232 valence electrons. The molecule has 0 bridgehead atoms. The molecule has 0 saturated heterocycles. The molecular formula is C36H48N6O2+2. The van der Waals surface area contributed by atoms with Gasteiger partial charge in [-0.2, -0.15) is 10.5 Å². The summed E-state index contributed by atoms with van der Waals surface area (Å²) in [6, 6.07) is 20.0. The van der Waals surface area contributed by atoms with Crippen LogP contribution in [-0.4, -0.2) is 72.9 Å². The van der Waals surface area contributed by atoms with Crippen molar-refractivity contribution in [2.45, 2.75) is 53.6 Å². The quantitative estimate of drug-likeness (QED) is 0.147. The first kappa shape index (κ1) is 34.3. The van der Waals surface area contributed by atoms with E-state index in [-0.39, 0.29) is 11.6 Å². The standard InChI is InChI=1S/C36H46N6O2/c1-5-41(6-2,27-31-15-11-29(25-37)12-16-31)21-9-19-39-33-23-36(44)34(24-35(33)43)40-20-10-22-42(7-3,8-4)28-32-17-13-30(26-38)14-18-32/h11-18,23-24H,5-10,19-22,27-28H2,1-4H3/p+2. The zero-order valence-electron chi connectivity index (χ0n) is 26.9. The van der Waals surface area contributed by atoms with Gasteiger partial charge in [0.2, 0.25) is 11.6 Å². The maximum Gasteiger partial charge on any atom is 0.203 e. The summed E-state index contributed by atoms with van der Waals surface area (Å²) in [4.78, 5) is 25.7. The van der Waals surface area contributed by atoms with Crippen LogP contribution in [-0.2, 0) is 22.7 Å². The third kappa shape index (κ3) is 9.38. The summed E-state index contributed by atoms with van der Waals surface area (Å²) in [5.74, 6) is -0.353. The van der Waals surface area contributed by atoms with Gasteiger partial charge in [-0.25, -0.2) is 0 Å². The van der Waals surface area contributed by atoms with Gasteiger partial charge in [-0.3, -0.25) is 9.59 Å². The normalized spacial score (nSPS) is 13.5. The molecule has 0 atom stereocenters. The molecule has 2 aromatic carbocycles. The van der Waals surface area contributed by atoms with Crippen LogP contribution in [0.1, 0.15) is 62.8 Å². The van der Waals surface area contributed by atoms with Crippen molar-refractivity contribution in [2.75, 3.05) is 52.4 Å². The third-order valence-electron chi connectivity index (χ3n) is 9.22. The summed E-state index contributed by atoms with van der Waals surface area (Å²) in [6.45, 7) is 17.6. The van der Waals surface area contributed by atoms with E-state index >= 15 is 0 Å². The van der Waals surface area contributed by atoms with Crippen molar-refractivity contribution in [3.8, 4) is 12.1 Å². The maximum absolute atomic E-state index is 12.8. The lowest BCUT2D eigenvalue weighted by Crippen LogP contribution is -2.48. The number of hydrogen-bond donors (Lipinski definition) is 2. The molecule has 2 N–H and O–H groups in total. The largest absolute Gasteiger partial charge is 0.382 e. The second-order valence-corrected chi connectivity index (χ2v) is 11.7. The fourth-order valence-corrected chi connectivity index (χ4v) is 5.94. The van der Waals surface area contributed by atoms with Gasteiger partial charge in [0, 0.05) is 49.2 Å². The molecule has 0 radical (unpaired) electrons. The monoisotopic (exact) mass is 596 g/mol. The Morgan fingerprint density at radius 3 is 1.23 bits per heavy atom. The van der Waals surface area contributed by atoms with E-state index in [0.29, 0.717) is 35.6 Å². The number of ketones is 2. The molecular weight excluding hydrogens is 548 g/mol. The molecule has 0 saturated carbocycles. The lowest BCUT2D eigenvalue weighted by Gasteiger charge is -2.37. The van der Waals surface area contributed by atoms with Gasteiger partial charge in [-0.05, 0) is 52.0 Å². The Morgan fingerprint density at radius 2 is 0.932 bits per heavy atom. The van der Waals surface area contributed by atoms with Crippen LogP contribution in [0.3, 0.4) is 0 Å². The highest BCUT2D eigenvalue weighted by Crippen LogP contribution is 2.18. The first-order chi connectivity index (χ1) is 21.2. The van der Waals surface area contributed by atoms with E-state index in [1.54, 1.807) is 0 Å². The van der Waals surface area contributed by atoms with Crippen molar-refractivity contribution in [3.63, 3.8) is 0 Å². The number of carbonyl (C=O) groups is 2. The maximum atomic E-state index is 12.8. The average molecular weight is 597 g/mol. The molecule has 0 aromatic heterocycles. The van der Waals surface area contributed by atoms with Crippen LogP contribution >= 0.6 is 0 Å². The van der Waals surface area contributed by atoms with Crippen molar-refractivity contribution in [2.24, 2.45) is 0 Å². The Morgan fingerprint density at radius 1 is 0.591 bits per heavy atom. The smallest absolute Gasteiger partial charge is 0.203 e. The third-order valence-corrected chi connectivity index (χ3v) is 9.22. The van der Waals surface area contributed by atoms with E-state index in [0.717, 1.165) is 74.2 Å². The van der Waals surface area contributed by atoms with Crippen LogP contribution < -0.4 is 10.6 Å². The predicted octanol–water partition coefficient (Wildman–Crippen LogP) is 4.72. The van der Waals surface area contributed by atoms with Crippen LogP contribution in [0, 0.1) is 22.7 Å². The van der Waals surface area contributed by atoms with E-state index in [1.807, 2.05) is 48.5 Å². The number of nitrogens with one attached hydrogen (secondary N) is 2. The van der Waals surface area contributed by atoms with Crippen LogP contribution in [0.5, 0.6) is 0 Å². The number of nitriles is 2. The second kappa shape index (κ2) is 16.6. The number of nitrogens with zero attached hydrogens (tertiary/aromatic N) is 4. The summed E-state index contributed by atoms with van der Waals surface area (Å²) in [5.41, 5.74) is 4.47. The molecule has 3 rings (SSSR count). The molecule has 0 aliphatic heterocycles. The fraction of sp³-hybridized carbons (Fsp3) is 0.444. The van der Waals surface area contributed by atoms with Gasteiger partial charge in [0.25, 0.3) is 0 Å². The fourth-order valence-electron chi connectivity index (χ4n) is 5.94. The van der Waals surface area contributed by atoms with Gasteiger partial charge < -0.3 is 19.6 Å². The van der Waals surface area contributed by atoms with Gasteiger partial charge in [0.15, 0.2) is 0 Å². The Balaban J connectivity index is 1.46. The van der Waals surface area contributed by atoms with Crippen molar-refractivity contribution < 1.29 is 18.6 Å². The first-order valence-corrected chi connectivity index (χ1v) is 15.9. The van der Waals surface area contributed by atoms with Gasteiger partial charge >= 0.3 is 0 Å². The molecule has 0 unspecified atom stereocenters. The summed E-state index contributed by atoms with van der Waals surface area (Å²) in [5, 5.41) is 24.6. The topological polar surface area (TPSA) is 106 Å². The van der Waals surface area contributed by atoms with Gasteiger partial charge in [0.05, 0.1) is 73.9 Å². The second-order valence-electron chi connectivity index (χ2n) is 11.7. The summed E-state index contributed by atoms with van der Waals surface area (Å²) in [7, 11) is 0. The van der Waals surface area contributed by atoms with Crippen molar-refractivity contribution in [1.29, 1.82) is 10.5 Å². The number of rotatable bonds is 18. The molecule has 8 heteroatoms. The van der Waals surface area contributed by atoms with Crippen molar-refractivity contribution >= 4 is 11.6 Å². The van der Waals surface area contributed by atoms with E-state index in [4.69, 9.17) is 10.5 Å². The lowest BCUT2D eigenvalue weighted by atomic mass is 10.1. The van der Waals surface area contributed by atoms with Crippen molar-refractivity contribution in [1.82, 2.24) is 10.6 Å². The molecule has 44 heavy (non-hydrogen) atoms. The first-order valence-electron chi connectivity index (χ1n) is 15.9.